The molecule has 1 rings (SSSR count). The highest BCUT2D eigenvalue weighted by Gasteiger charge is 2.43. The zero-order chi connectivity index (χ0) is 14.6. The molecule has 0 radical (unpaired) electrons. The lowest BCUT2D eigenvalue weighted by atomic mass is 10.0. The number of nitrogens with zero attached hydrogens (tertiary/aromatic N) is 1. The molecular weight excluding hydrogens is 246 g/mol. The number of carbonyl (C=O) groups excluding carboxylic acids is 1. The van der Waals surface area contributed by atoms with Crippen LogP contribution in [0.5, 0.6) is 0 Å². The number of likely N-dealkylation sites (tertiary alicyclic amines) is 1. The average Bonchev–Trinajstić information content (AvgIpc) is 2.72. The smallest absolute Gasteiger partial charge is 0.325 e. The van der Waals surface area contributed by atoms with Gasteiger partial charge in [0.1, 0.15) is 5.54 Å². The van der Waals surface area contributed by atoms with Crippen LogP contribution in [0.15, 0.2) is 0 Å². The van der Waals surface area contributed by atoms with Gasteiger partial charge in [0.15, 0.2) is 0 Å². The van der Waals surface area contributed by atoms with Crippen molar-refractivity contribution in [1.29, 1.82) is 0 Å². The number of aliphatic carboxylic acids is 1. The quantitative estimate of drug-likeness (QED) is 0.640. The van der Waals surface area contributed by atoms with Crippen molar-refractivity contribution in [1.82, 2.24) is 10.2 Å². The maximum Gasteiger partial charge on any atom is 0.325 e. The van der Waals surface area contributed by atoms with E-state index in [2.05, 4.69) is 12.2 Å². The van der Waals surface area contributed by atoms with Crippen molar-refractivity contribution in [2.45, 2.75) is 57.7 Å². The minimum Gasteiger partial charge on any atom is -0.480 e. The van der Waals surface area contributed by atoms with E-state index in [1.54, 1.807) is 6.92 Å². The van der Waals surface area contributed by atoms with Crippen molar-refractivity contribution in [3.8, 4) is 0 Å². The lowest BCUT2D eigenvalue weighted by Crippen LogP contribution is -2.53. The number of rotatable bonds is 6. The van der Waals surface area contributed by atoms with E-state index < -0.39 is 11.5 Å². The summed E-state index contributed by atoms with van der Waals surface area (Å²) in [6.07, 6.45) is 2.34. The summed E-state index contributed by atoms with van der Waals surface area (Å²) in [5.74, 6) is -1.06. The Bertz CT molecular complexity index is 348. The summed E-state index contributed by atoms with van der Waals surface area (Å²) in [4.78, 5) is 25.0. The maximum atomic E-state index is 12.1. The van der Waals surface area contributed by atoms with E-state index in [9.17, 15) is 9.59 Å². The molecule has 0 aliphatic carbocycles. The number of carbonyl (C=O) groups is 2. The van der Waals surface area contributed by atoms with Crippen LogP contribution in [0.4, 0.5) is 0 Å². The van der Waals surface area contributed by atoms with Gasteiger partial charge in [0.25, 0.3) is 0 Å². The molecule has 0 aromatic rings. The van der Waals surface area contributed by atoms with Gasteiger partial charge in [-0.2, -0.15) is 0 Å². The Kier molecular flexibility index (Phi) is 5.31. The molecule has 0 bridgehead atoms. The fourth-order valence-corrected chi connectivity index (χ4v) is 2.40. The Morgan fingerprint density at radius 2 is 2.11 bits per heavy atom. The maximum absolute atomic E-state index is 12.1. The molecule has 110 valence electrons. The highest BCUT2D eigenvalue weighted by molar-refractivity contribution is 5.83. The van der Waals surface area contributed by atoms with Crippen LogP contribution >= 0.6 is 0 Å². The molecule has 1 aliphatic rings. The first-order valence-electron chi connectivity index (χ1n) is 6.87. The Morgan fingerprint density at radius 3 is 2.58 bits per heavy atom. The van der Waals surface area contributed by atoms with Gasteiger partial charge in [-0.15, -0.1) is 0 Å². The number of hydrogen-bond donors (Lipinski definition) is 3. The lowest BCUT2D eigenvalue weighted by molar-refractivity contribution is -0.143. The molecule has 4 N–H and O–H groups in total. The average molecular weight is 271 g/mol. The molecule has 1 amide bonds. The largest absolute Gasteiger partial charge is 0.480 e. The van der Waals surface area contributed by atoms with E-state index in [0.717, 1.165) is 12.8 Å². The summed E-state index contributed by atoms with van der Waals surface area (Å²) in [5.41, 5.74) is 4.59. The molecule has 3 unspecified atom stereocenters. The molecule has 19 heavy (non-hydrogen) atoms. The summed E-state index contributed by atoms with van der Waals surface area (Å²) >= 11 is 0. The van der Waals surface area contributed by atoms with Gasteiger partial charge < -0.3 is 16.2 Å². The molecule has 3 atom stereocenters. The Balaban J connectivity index is 2.53. The van der Waals surface area contributed by atoms with Crippen molar-refractivity contribution < 1.29 is 14.7 Å². The molecule has 0 saturated carbocycles. The highest BCUT2D eigenvalue weighted by atomic mass is 16.4. The first-order chi connectivity index (χ1) is 8.80. The molecule has 1 saturated heterocycles. The second-order valence-electron chi connectivity index (χ2n) is 5.56. The summed E-state index contributed by atoms with van der Waals surface area (Å²) in [5, 5.41) is 12.0. The summed E-state index contributed by atoms with van der Waals surface area (Å²) in [7, 11) is 0. The zero-order valence-corrected chi connectivity index (χ0v) is 12.0. The van der Waals surface area contributed by atoms with Crippen molar-refractivity contribution in [2.75, 3.05) is 13.1 Å². The second kappa shape index (κ2) is 6.34. The lowest BCUT2D eigenvalue weighted by Gasteiger charge is -2.26. The topological polar surface area (TPSA) is 95.7 Å². The second-order valence-corrected chi connectivity index (χ2v) is 5.56. The normalized spacial score (nSPS) is 26.9. The first-order valence-corrected chi connectivity index (χ1v) is 6.87. The van der Waals surface area contributed by atoms with Crippen LogP contribution in [0.3, 0.4) is 0 Å². The van der Waals surface area contributed by atoms with Crippen LogP contribution in [-0.4, -0.2) is 52.6 Å². The van der Waals surface area contributed by atoms with Crippen molar-refractivity contribution in [3.63, 3.8) is 0 Å². The van der Waals surface area contributed by atoms with Gasteiger partial charge in [-0.1, -0.05) is 13.3 Å². The van der Waals surface area contributed by atoms with Crippen LogP contribution in [0.1, 0.15) is 40.0 Å². The van der Waals surface area contributed by atoms with Crippen molar-refractivity contribution in [2.24, 2.45) is 5.73 Å². The van der Waals surface area contributed by atoms with E-state index in [-0.39, 0.29) is 24.5 Å². The van der Waals surface area contributed by atoms with Crippen molar-refractivity contribution in [3.05, 3.63) is 0 Å². The number of carboxylic acids is 1. The first kappa shape index (κ1) is 15.9. The van der Waals surface area contributed by atoms with Gasteiger partial charge in [-0.25, -0.2) is 0 Å². The molecule has 1 fully saturated rings. The molecule has 6 nitrogen and oxygen atoms in total. The van der Waals surface area contributed by atoms with Gasteiger partial charge >= 0.3 is 5.97 Å². The van der Waals surface area contributed by atoms with Gasteiger partial charge in [-0.3, -0.25) is 14.5 Å². The van der Waals surface area contributed by atoms with Crippen LogP contribution < -0.4 is 11.1 Å². The SMILES string of the molecule is CCCC(C)NC(=O)C(C)N1CCC(N)(C(=O)O)C1. The fraction of sp³-hybridized carbons (Fsp3) is 0.846. The third kappa shape index (κ3) is 3.91. The molecular formula is C13H25N3O3. The van der Waals surface area contributed by atoms with Gasteiger partial charge in [0.05, 0.1) is 6.04 Å². The Morgan fingerprint density at radius 1 is 1.47 bits per heavy atom. The molecule has 0 aromatic heterocycles. The summed E-state index contributed by atoms with van der Waals surface area (Å²) in [6, 6.07) is -0.200. The van der Waals surface area contributed by atoms with E-state index in [1.165, 1.54) is 0 Å². The van der Waals surface area contributed by atoms with Gasteiger partial charge in [0, 0.05) is 19.1 Å². The molecule has 0 spiro atoms. The van der Waals surface area contributed by atoms with E-state index in [1.807, 2.05) is 11.8 Å². The fourth-order valence-electron chi connectivity index (χ4n) is 2.40. The van der Waals surface area contributed by atoms with E-state index in [4.69, 9.17) is 10.8 Å². The van der Waals surface area contributed by atoms with Crippen molar-refractivity contribution >= 4 is 11.9 Å². The van der Waals surface area contributed by atoms with Gasteiger partial charge in [-0.05, 0) is 26.7 Å². The number of hydrogen-bond acceptors (Lipinski definition) is 4. The molecule has 6 heteroatoms. The third-order valence-electron chi connectivity index (χ3n) is 3.79. The third-order valence-corrected chi connectivity index (χ3v) is 3.79. The van der Waals surface area contributed by atoms with Crippen LogP contribution in [0.25, 0.3) is 0 Å². The number of carboxylic acid groups (broad SMARTS) is 1. The minimum atomic E-state index is -1.22. The van der Waals surface area contributed by atoms with E-state index in [0.29, 0.717) is 13.0 Å². The predicted molar refractivity (Wildman–Crippen MR) is 72.7 cm³/mol. The van der Waals surface area contributed by atoms with Crippen LogP contribution in [0, 0.1) is 0 Å². The zero-order valence-electron chi connectivity index (χ0n) is 12.0. The minimum absolute atomic E-state index is 0.0596. The molecule has 0 aromatic carbocycles. The highest BCUT2D eigenvalue weighted by Crippen LogP contribution is 2.21. The standard InChI is InChI=1S/C13H25N3O3/c1-4-5-9(2)15-11(17)10(3)16-7-6-13(14,8-16)12(18)19/h9-10H,4-8,14H2,1-3H3,(H,15,17)(H,18,19). The molecule has 1 heterocycles. The van der Waals surface area contributed by atoms with Crippen LogP contribution in [-0.2, 0) is 9.59 Å². The number of nitrogens with one attached hydrogen (secondary N) is 1. The van der Waals surface area contributed by atoms with E-state index >= 15 is 0 Å². The predicted octanol–water partition coefficient (Wildman–Crippen LogP) is 0.168. The summed E-state index contributed by atoms with van der Waals surface area (Å²) in [6.45, 7) is 6.60. The Labute approximate surface area is 114 Å². The van der Waals surface area contributed by atoms with Gasteiger partial charge in [0.2, 0.25) is 5.91 Å². The number of amides is 1. The monoisotopic (exact) mass is 271 g/mol. The molecule has 1 aliphatic heterocycles. The van der Waals surface area contributed by atoms with Crippen LogP contribution in [0.2, 0.25) is 0 Å². The summed E-state index contributed by atoms with van der Waals surface area (Å²) < 4.78 is 0. The Hall–Kier alpha value is -1.14. The number of nitrogens with two attached hydrogens (primary N) is 1.